The molecule has 8 nitrogen and oxygen atoms in total. The van der Waals surface area contributed by atoms with Gasteiger partial charge in [-0.2, -0.15) is 5.10 Å². The largest absolute Gasteiger partial charge is 0.504 e. The molecule has 0 atom stereocenters. The van der Waals surface area contributed by atoms with E-state index in [0.29, 0.717) is 10.0 Å². The number of hydrazone groups is 1. The van der Waals surface area contributed by atoms with Crippen LogP contribution in [0.5, 0.6) is 11.5 Å². The van der Waals surface area contributed by atoms with Gasteiger partial charge in [0.25, 0.3) is 11.6 Å². The quantitative estimate of drug-likeness (QED) is 0.460. The van der Waals surface area contributed by atoms with Crippen LogP contribution in [0, 0.1) is 10.1 Å². The molecule has 2 rings (SSSR count). The van der Waals surface area contributed by atoms with Crippen LogP contribution < -0.4 is 10.2 Å². The van der Waals surface area contributed by atoms with E-state index in [1.807, 2.05) is 0 Å². The van der Waals surface area contributed by atoms with Gasteiger partial charge in [0.2, 0.25) is 0 Å². The summed E-state index contributed by atoms with van der Waals surface area (Å²) in [6, 6.07) is 8.28. The van der Waals surface area contributed by atoms with E-state index in [1.54, 1.807) is 12.1 Å². The number of hydrogen-bond donors (Lipinski definition) is 2. The fraction of sp³-hybridized carbons (Fsp3) is 0.0667. The molecule has 0 saturated carbocycles. The fourth-order valence-corrected chi connectivity index (χ4v) is 2.26. The van der Waals surface area contributed by atoms with Crippen molar-refractivity contribution in [2.24, 2.45) is 5.10 Å². The van der Waals surface area contributed by atoms with E-state index in [0.717, 1.165) is 0 Å². The Kier molecular flexibility index (Phi) is 5.48. The Labute approximate surface area is 145 Å². The monoisotopic (exact) mass is 393 g/mol. The lowest BCUT2D eigenvalue weighted by molar-refractivity contribution is -0.384. The van der Waals surface area contributed by atoms with E-state index in [9.17, 15) is 20.0 Å². The zero-order valence-electron chi connectivity index (χ0n) is 12.4. The van der Waals surface area contributed by atoms with Crippen molar-refractivity contribution >= 4 is 33.7 Å². The summed E-state index contributed by atoms with van der Waals surface area (Å²) < 4.78 is 5.68. The number of nitro groups is 1. The highest BCUT2D eigenvalue weighted by atomic mass is 79.9. The lowest BCUT2D eigenvalue weighted by Crippen LogP contribution is -2.17. The molecule has 0 aliphatic rings. The van der Waals surface area contributed by atoms with Crippen molar-refractivity contribution in [1.29, 1.82) is 0 Å². The van der Waals surface area contributed by atoms with Crippen LogP contribution >= 0.6 is 15.9 Å². The number of nitrogens with one attached hydrogen (secondary N) is 1. The van der Waals surface area contributed by atoms with E-state index >= 15 is 0 Å². The second-order valence-corrected chi connectivity index (χ2v) is 5.46. The summed E-state index contributed by atoms with van der Waals surface area (Å²) in [4.78, 5) is 21.9. The van der Waals surface area contributed by atoms with Gasteiger partial charge in [-0.15, -0.1) is 0 Å². The summed E-state index contributed by atoms with van der Waals surface area (Å²) in [6.45, 7) is 0. The van der Waals surface area contributed by atoms with Crippen molar-refractivity contribution in [2.75, 3.05) is 7.11 Å². The van der Waals surface area contributed by atoms with Crippen molar-refractivity contribution < 1.29 is 19.6 Å². The molecular formula is C15H12BrN3O5. The maximum absolute atomic E-state index is 11.9. The number of nitro benzene ring substituents is 1. The highest BCUT2D eigenvalue weighted by Gasteiger charge is 2.10. The van der Waals surface area contributed by atoms with Crippen molar-refractivity contribution in [3.63, 3.8) is 0 Å². The molecule has 0 fully saturated rings. The molecule has 0 radical (unpaired) electrons. The highest BCUT2D eigenvalue weighted by Crippen LogP contribution is 2.32. The summed E-state index contributed by atoms with van der Waals surface area (Å²) >= 11 is 3.27. The van der Waals surface area contributed by atoms with Gasteiger partial charge in [0, 0.05) is 27.7 Å². The molecule has 0 bridgehead atoms. The maximum atomic E-state index is 11.9. The minimum atomic E-state index is -0.552. The van der Waals surface area contributed by atoms with Gasteiger partial charge in [-0.05, 0) is 24.3 Å². The Morgan fingerprint density at radius 1 is 1.38 bits per heavy atom. The molecule has 0 heterocycles. The first-order valence-corrected chi connectivity index (χ1v) is 7.36. The number of hydrogen-bond acceptors (Lipinski definition) is 6. The van der Waals surface area contributed by atoms with Crippen LogP contribution in [-0.2, 0) is 0 Å². The smallest absolute Gasteiger partial charge is 0.271 e. The molecule has 1 amide bonds. The van der Waals surface area contributed by atoms with Gasteiger partial charge in [-0.3, -0.25) is 14.9 Å². The summed E-state index contributed by atoms with van der Waals surface area (Å²) in [6.07, 6.45) is 1.26. The van der Waals surface area contributed by atoms with E-state index in [-0.39, 0.29) is 22.7 Å². The average Bonchev–Trinajstić information content (AvgIpc) is 2.57. The van der Waals surface area contributed by atoms with E-state index in [2.05, 4.69) is 26.5 Å². The number of amides is 1. The minimum Gasteiger partial charge on any atom is -0.504 e. The summed E-state index contributed by atoms with van der Waals surface area (Å²) in [5.41, 5.74) is 2.72. The number of phenols is 1. The lowest BCUT2D eigenvalue weighted by atomic mass is 10.2. The third kappa shape index (κ3) is 4.07. The standard InChI is InChI=1S/C15H12BrN3O5/c1-24-13-7-11(16)6-10(14(13)20)8-17-18-15(21)9-2-4-12(5-3-9)19(22)23/h2-8,20H,1H3,(H,18,21). The number of aromatic hydroxyl groups is 1. The third-order valence-corrected chi connectivity index (χ3v) is 3.46. The van der Waals surface area contributed by atoms with Gasteiger partial charge in [0.15, 0.2) is 11.5 Å². The molecule has 0 unspecified atom stereocenters. The lowest BCUT2D eigenvalue weighted by Gasteiger charge is -2.06. The van der Waals surface area contributed by atoms with Gasteiger partial charge < -0.3 is 9.84 Å². The van der Waals surface area contributed by atoms with Gasteiger partial charge in [-0.25, -0.2) is 5.43 Å². The molecule has 9 heteroatoms. The van der Waals surface area contributed by atoms with Gasteiger partial charge >= 0.3 is 0 Å². The second-order valence-electron chi connectivity index (χ2n) is 4.55. The molecule has 0 aromatic heterocycles. The predicted molar refractivity (Wildman–Crippen MR) is 90.5 cm³/mol. The SMILES string of the molecule is COc1cc(Br)cc(C=NNC(=O)c2ccc([N+](=O)[O-])cc2)c1O. The Bertz CT molecular complexity index is 806. The van der Waals surface area contributed by atoms with E-state index < -0.39 is 10.8 Å². The normalized spacial score (nSPS) is 10.6. The van der Waals surface area contributed by atoms with Crippen LogP contribution in [0.15, 0.2) is 46.0 Å². The summed E-state index contributed by atoms with van der Waals surface area (Å²) in [5, 5.41) is 24.3. The Morgan fingerprint density at radius 2 is 2.04 bits per heavy atom. The molecule has 2 aromatic carbocycles. The second kappa shape index (κ2) is 7.55. The number of rotatable bonds is 5. The Morgan fingerprint density at radius 3 is 2.62 bits per heavy atom. The number of phenolic OH excluding ortho intramolecular Hbond substituents is 1. The van der Waals surface area contributed by atoms with Crippen molar-refractivity contribution in [3.05, 3.63) is 62.1 Å². The van der Waals surface area contributed by atoms with Crippen LogP contribution in [0.1, 0.15) is 15.9 Å². The number of halogens is 1. The molecule has 2 N–H and O–H groups in total. The van der Waals surface area contributed by atoms with Crippen LogP contribution in [0.2, 0.25) is 0 Å². The number of nitrogens with zero attached hydrogens (tertiary/aromatic N) is 2. The van der Waals surface area contributed by atoms with E-state index in [4.69, 9.17) is 4.74 Å². The zero-order chi connectivity index (χ0) is 17.7. The first kappa shape index (κ1) is 17.4. The van der Waals surface area contributed by atoms with Gasteiger partial charge in [0.05, 0.1) is 18.2 Å². The number of ether oxygens (including phenoxy) is 1. The van der Waals surface area contributed by atoms with Gasteiger partial charge in [0.1, 0.15) is 0 Å². The maximum Gasteiger partial charge on any atom is 0.271 e. The minimum absolute atomic E-state index is 0.110. The first-order valence-electron chi connectivity index (χ1n) is 6.56. The topological polar surface area (TPSA) is 114 Å². The third-order valence-electron chi connectivity index (χ3n) is 3.00. The number of carbonyl (C=O) groups is 1. The number of methoxy groups -OCH3 is 1. The number of benzene rings is 2. The highest BCUT2D eigenvalue weighted by molar-refractivity contribution is 9.10. The number of carbonyl (C=O) groups excluding carboxylic acids is 1. The molecule has 24 heavy (non-hydrogen) atoms. The van der Waals surface area contributed by atoms with Crippen LogP contribution in [0.3, 0.4) is 0 Å². The van der Waals surface area contributed by atoms with Crippen molar-refractivity contribution in [3.8, 4) is 11.5 Å². The molecule has 2 aromatic rings. The molecule has 0 saturated heterocycles. The number of non-ortho nitro benzene ring substituents is 1. The van der Waals surface area contributed by atoms with Crippen molar-refractivity contribution in [1.82, 2.24) is 5.43 Å². The van der Waals surface area contributed by atoms with Crippen molar-refractivity contribution in [2.45, 2.75) is 0 Å². The van der Waals surface area contributed by atoms with Crippen LogP contribution in [0.25, 0.3) is 0 Å². The van der Waals surface area contributed by atoms with Crippen LogP contribution in [-0.4, -0.2) is 29.3 Å². The van der Waals surface area contributed by atoms with Crippen LogP contribution in [0.4, 0.5) is 5.69 Å². The first-order chi connectivity index (χ1) is 11.4. The zero-order valence-corrected chi connectivity index (χ0v) is 14.0. The predicted octanol–water partition coefficient (Wildman–Crippen LogP) is 2.84. The fourth-order valence-electron chi connectivity index (χ4n) is 1.81. The Hall–Kier alpha value is -2.94. The summed E-state index contributed by atoms with van der Waals surface area (Å²) in [7, 11) is 1.42. The molecule has 0 aliphatic heterocycles. The van der Waals surface area contributed by atoms with Gasteiger partial charge in [-0.1, -0.05) is 15.9 Å². The molecule has 0 spiro atoms. The molecule has 124 valence electrons. The molecule has 0 aliphatic carbocycles. The molecular weight excluding hydrogens is 382 g/mol. The van der Waals surface area contributed by atoms with E-state index in [1.165, 1.54) is 37.6 Å². The summed E-state index contributed by atoms with van der Waals surface area (Å²) in [5.74, 6) is -0.399. The average molecular weight is 394 g/mol. The Balaban J connectivity index is 2.10.